The van der Waals surface area contributed by atoms with Crippen LogP contribution in [0.2, 0.25) is 0 Å². The average molecular weight is 242 g/mol. The molecule has 0 aliphatic carbocycles. The van der Waals surface area contributed by atoms with Crippen LogP contribution in [0.5, 0.6) is 0 Å². The Kier molecular flexibility index (Phi) is 2.59. The van der Waals surface area contributed by atoms with Gasteiger partial charge in [-0.15, -0.1) is 0 Å². The van der Waals surface area contributed by atoms with E-state index in [0.717, 1.165) is 0 Å². The number of rotatable bonds is 3. The van der Waals surface area contributed by atoms with Gasteiger partial charge in [0.2, 0.25) is 5.78 Å². The van der Waals surface area contributed by atoms with Crippen molar-refractivity contribution in [2.75, 3.05) is 5.09 Å². The molecule has 0 saturated carbocycles. The van der Waals surface area contributed by atoms with Crippen LogP contribution in [-0.2, 0) is 4.57 Å². The lowest BCUT2D eigenvalue weighted by atomic mass is 10.5. The van der Waals surface area contributed by atoms with Gasteiger partial charge in [0.15, 0.2) is 5.69 Å². The molecule has 2 aromatic heterocycles. The van der Waals surface area contributed by atoms with Crippen LogP contribution in [0, 0.1) is 0 Å². The molecule has 0 saturated heterocycles. The fraction of sp³-hybridized carbons (Fsp3) is 0. The number of aromatic nitrogens is 3. The van der Waals surface area contributed by atoms with E-state index in [2.05, 4.69) is 15.1 Å². The van der Waals surface area contributed by atoms with Gasteiger partial charge in [0.1, 0.15) is 5.82 Å². The summed E-state index contributed by atoms with van der Waals surface area (Å²) in [5.41, 5.74) is -0.181. The Labute approximate surface area is 89.5 Å². The SMILES string of the molecule is O=C(O)c1cn2c(N[PH](=O)O)ccnc2n1. The van der Waals surface area contributed by atoms with Crippen molar-refractivity contribution in [1.29, 1.82) is 0 Å². The minimum atomic E-state index is -2.91. The highest BCUT2D eigenvalue weighted by Crippen LogP contribution is 2.19. The molecule has 8 nitrogen and oxygen atoms in total. The number of fused-ring (bicyclic) bond motifs is 1. The van der Waals surface area contributed by atoms with Crippen LogP contribution < -0.4 is 5.09 Å². The molecule has 1 atom stereocenters. The van der Waals surface area contributed by atoms with E-state index < -0.39 is 14.1 Å². The number of hydrogen-bond donors (Lipinski definition) is 3. The van der Waals surface area contributed by atoms with Gasteiger partial charge in [-0.3, -0.25) is 8.97 Å². The number of carboxylic acid groups (broad SMARTS) is 1. The van der Waals surface area contributed by atoms with Crippen LogP contribution >= 0.6 is 8.18 Å². The summed E-state index contributed by atoms with van der Waals surface area (Å²) in [5.74, 6) is -0.782. The summed E-state index contributed by atoms with van der Waals surface area (Å²) in [6.45, 7) is 0. The predicted molar refractivity (Wildman–Crippen MR) is 54.8 cm³/mol. The number of carboxylic acids is 1. The first-order chi connectivity index (χ1) is 7.58. The monoisotopic (exact) mass is 242 g/mol. The summed E-state index contributed by atoms with van der Waals surface area (Å²) in [7, 11) is -2.91. The lowest BCUT2D eigenvalue weighted by Crippen LogP contribution is -1.96. The van der Waals surface area contributed by atoms with E-state index in [1.807, 2.05) is 0 Å². The molecule has 0 aromatic carbocycles. The fourth-order valence-electron chi connectivity index (χ4n) is 1.21. The molecule has 9 heteroatoms. The maximum atomic E-state index is 10.7. The predicted octanol–water partition coefficient (Wildman–Crippen LogP) is 0.221. The number of imidazole rings is 1. The number of hydrogen-bond acceptors (Lipinski definition) is 4. The number of nitrogens with one attached hydrogen (secondary N) is 1. The van der Waals surface area contributed by atoms with Gasteiger partial charge in [-0.05, 0) is 6.07 Å². The molecule has 0 spiro atoms. The van der Waals surface area contributed by atoms with Crippen molar-refractivity contribution in [1.82, 2.24) is 14.4 Å². The van der Waals surface area contributed by atoms with Gasteiger partial charge < -0.3 is 15.1 Å². The highest BCUT2D eigenvalue weighted by atomic mass is 31.1. The summed E-state index contributed by atoms with van der Waals surface area (Å²) in [4.78, 5) is 27.0. The number of aromatic carboxylic acids is 1. The third-order valence-corrected chi connectivity index (χ3v) is 2.29. The molecular formula is C7H7N4O4P. The Bertz CT molecular complexity index is 581. The highest BCUT2D eigenvalue weighted by molar-refractivity contribution is 7.39. The summed E-state index contributed by atoms with van der Waals surface area (Å²) < 4.78 is 12.0. The molecule has 1 unspecified atom stereocenters. The van der Waals surface area contributed by atoms with Crippen molar-refractivity contribution in [2.45, 2.75) is 0 Å². The Morgan fingerprint density at radius 3 is 2.94 bits per heavy atom. The van der Waals surface area contributed by atoms with E-state index >= 15 is 0 Å². The maximum absolute atomic E-state index is 10.7. The van der Waals surface area contributed by atoms with Crippen LogP contribution in [0.25, 0.3) is 5.78 Å². The largest absolute Gasteiger partial charge is 0.476 e. The van der Waals surface area contributed by atoms with Crippen LogP contribution in [0.1, 0.15) is 10.5 Å². The van der Waals surface area contributed by atoms with Crippen molar-refractivity contribution < 1.29 is 19.4 Å². The number of anilines is 1. The highest BCUT2D eigenvalue weighted by Gasteiger charge is 2.11. The van der Waals surface area contributed by atoms with Crippen molar-refractivity contribution in [3.8, 4) is 0 Å². The number of carbonyl (C=O) groups is 1. The number of nitrogens with zero attached hydrogens (tertiary/aromatic N) is 3. The van der Waals surface area contributed by atoms with Crippen LogP contribution in [-0.4, -0.2) is 30.3 Å². The smallest absolute Gasteiger partial charge is 0.356 e. The van der Waals surface area contributed by atoms with Crippen LogP contribution in [0.3, 0.4) is 0 Å². The van der Waals surface area contributed by atoms with E-state index in [1.165, 1.54) is 22.9 Å². The zero-order valence-corrected chi connectivity index (χ0v) is 8.78. The van der Waals surface area contributed by atoms with Gasteiger partial charge >= 0.3 is 5.97 Å². The topological polar surface area (TPSA) is 117 Å². The third kappa shape index (κ3) is 1.88. The van der Waals surface area contributed by atoms with E-state index in [0.29, 0.717) is 0 Å². The Morgan fingerprint density at radius 2 is 2.31 bits per heavy atom. The van der Waals surface area contributed by atoms with Gasteiger partial charge in [0.05, 0.1) is 0 Å². The van der Waals surface area contributed by atoms with Crippen LogP contribution in [0.15, 0.2) is 18.5 Å². The van der Waals surface area contributed by atoms with Crippen molar-refractivity contribution in [3.63, 3.8) is 0 Å². The van der Waals surface area contributed by atoms with Gasteiger partial charge in [0, 0.05) is 12.4 Å². The summed E-state index contributed by atoms with van der Waals surface area (Å²) in [5, 5.41) is 11.0. The van der Waals surface area contributed by atoms with Gasteiger partial charge in [-0.1, -0.05) is 0 Å². The minimum Gasteiger partial charge on any atom is -0.476 e. The molecule has 0 aliphatic heterocycles. The first-order valence-corrected chi connectivity index (χ1v) is 5.51. The average Bonchev–Trinajstić information content (AvgIpc) is 2.61. The first-order valence-electron chi connectivity index (χ1n) is 4.15. The molecule has 0 aliphatic rings. The second-order valence-corrected chi connectivity index (χ2v) is 3.72. The standard InChI is InChI=1S/C7H7N4O4P/c12-6(13)4-3-11-5(10-16(14)15)1-2-8-7(11)9-4/h1-3,16H,(H,12,13)(H2,10,14,15). The van der Waals surface area contributed by atoms with E-state index in [4.69, 9.17) is 10.00 Å². The van der Waals surface area contributed by atoms with E-state index in [9.17, 15) is 9.36 Å². The van der Waals surface area contributed by atoms with Crippen LogP contribution in [0.4, 0.5) is 5.82 Å². The second kappa shape index (κ2) is 3.92. The van der Waals surface area contributed by atoms with Gasteiger partial charge in [-0.2, -0.15) is 0 Å². The Morgan fingerprint density at radius 1 is 1.56 bits per heavy atom. The zero-order chi connectivity index (χ0) is 11.7. The zero-order valence-electron chi connectivity index (χ0n) is 7.78. The lowest BCUT2D eigenvalue weighted by molar-refractivity contribution is 0.0691. The summed E-state index contributed by atoms with van der Waals surface area (Å²) >= 11 is 0. The molecule has 2 rings (SSSR count). The Balaban J connectivity index is 2.58. The molecule has 0 fully saturated rings. The molecule has 84 valence electrons. The molecule has 0 radical (unpaired) electrons. The molecule has 3 N–H and O–H groups in total. The first kappa shape index (κ1) is 10.6. The second-order valence-electron chi connectivity index (χ2n) is 2.86. The lowest BCUT2D eigenvalue weighted by Gasteiger charge is -2.03. The van der Waals surface area contributed by atoms with Crippen molar-refractivity contribution in [3.05, 3.63) is 24.2 Å². The Hall–Kier alpha value is -1.92. The van der Waals surface area contributed by atoms with Crippen molar-refractivity contribution in [2.24, 2.45) is 0 Å². The molecule has 0 bridgehead atoms. The molecular weight excluding hydrogens is 235 g/mol. The van der Waals surface area contributed by atoms with E-state index in [-0.39, 0.29) is 17.3 Å². The fourth-order valence-corrected chi connectivity index (χ4v) is 1.63. The molecule has 16 heavy (non-hydrogen) atoms. The van der Waals surface area contributed by atoms with Gasteiger partial charge in [-0.25, -0.2) is 14.8 Å². The molecule has 0 amide bonds. The normalized spacial score (nSPS) is 12.6. The summed E-state index contributed by atoms with van der Waals surface area (Å²) in [6.07, 6.45) is 2.58. The quantitative estimate of drug-likeness (QED) is 0.659. The molecule has 2 heterocycles. The minimum absolute atomic E-state index is 0.144. The maximum Gasteiger partial charge on any atom is 0.356 e. The molecule has 2 aromatic rings. The summed E-state index contributed by atoms with van der Waals surface area (Å²) in [6, 6.07) is 1.44. The van der Waals surface area contributed by atoms with Gasteiger partial charge in [0.25, 0.3) is 8.18 Å². The van der Waals surface area contributed by atoms with Crippen molar-refractivity contribution >= 4 is 25.7 Å². The third-order valence-electron chi connectivity index (χ3n) is 1.82. The van der Waals surface area contributed by atoms with E-state index in [1.54, 1.807) is 0 Å².